The Bertz CT molecular complexity index is 407. The van der Waals surface area contributed by atoms with Gasteiger partial charge >= 0.3 is 0 Å². The number of pyridine rings is 1. The molecule has 0 aliphatic rings. The molecule has 3 nitrogen and oxygen atoms in total. The van der Waals surface area contributed by atoms with Crippen molar-refractivity contribution >= 4 is 21.8 Å². The molecule has 1 heterocycles. The van der Waals surface area contributed by atoms with Gasteiger partial charge in [0, 0.05) is 29.8 Å². The standard InChI is InChI=1S/C11H11BrN2O/c1-2-3-4-5-14-11(15)9-6-10(12)8-13-7-9/h6-8H,4-5H2,1H3,(H,14,15). The van der Waals surface area contributed by atoms with E-state index in [4.69, 9.17) is 0 Å². The molecule has 0 fully saturated rings. The van der Waals surface area contributed by atoms with Crippen LogP contribution in [0.4, 0.5) is 0 Å². The third-order valence-corrected chi connectivity index (χ3v) is 2.11. The summed E-state index contributed by atoms with van der Waals surface area (Å²) in [4.78, 5) is 15.5. The highest BCUT2D eigenvalue weighted by Gasteiger charge is 2.04. The topological polar surface area (TPSA) is 42.0 Å². The number of carbonyl (C=O) groups is 1. The van der Waals surface area contributed by atoms with Gasteiger partial charge in [0.1, 0.15) is 0 Å². The van der Waals surface area contributed by atoms with Crippen molar-refractivity contribution in [3.8, 4) is 11.8 Å². The molecule has 0 radical (unpaired) electrons. The van der Waals surface area contributed by atoms with Crippen molar-refractivity contribution in [2.24, 2.45) is 0 Å². The van der Waals surface area contributed by atoms with E-state index >= 15 is 0 Å². The average Bonchev–Trinajstić information content (AvgIpc) is 2.24. The fourth-order valence-electron chi connectivity index (χ4n) is 1.00. The minimum atomic E-state index is -0.123. The van der Waals surface area contributed by atoms with Crippen LogP contribution in [0.5, 0.6) is 0 Å². The molecular formula is C11H11BrN2O. The first-order valence-corrected chi connectivity index (χ1v) is 5.31. The van der Waals surface area contributed by atoms with E-state index in [1.807, 2.05) is 0 Å². The number of rotatable bonds is 3. The predicted octanol–water partition coefficient (Wildman–Crippen LogP) is 1.99. The lowest BCUT2D eigenvalue weighted by Gasteiger charge is -2.02. The van der Waals surface area contributed by atoms with Gasteiger partial charge in [-0.15, -0.1) is 11.8 Å². The number of hydrogen-bond acceptors (Lipinski definition) is 2. The molecule has 15 heavy (non-hydrogen) atoms. The van der Waals surface area contributed by atoms with Gasteiger partial charge in [-0.05, 0) is 28.9 Å². The first-order chi connectivity index (χ1) is 7.24. The Balaban J connectivity index is 2.49. The predicted molar refractivity (Wildman–Crippen MR) is 62.3 cm³/mol. The van der Waals surface area contributed by atoms with Gasteiger partial charge < -0.3 is 5.32 Å². The molecule has 4 heteroatoms. The number of carbonyl (C=O) groups excluding carboxylic acids is 1. The summed E-state index contributed by atoms with van der Waals surface area (Å²) < 4.78 is 0.795. The zero-order valence-corrected chi connectivity index (χ0v) is 9.97. The average molecular weight is 267 g/mol. The molecule has 0 unspecified atom stereocenters. The summed E-state index contributed by atoms with van der Waals surface area (Å²) in [5.74, 6) is 5.52. The molecule has 0 saturated heterocycles. The van der Waals surface area contributed by atoms with Crippen LogP contribution in [-0.2, 0) is 0 Å². The second-order valence-electron chi connectivity index (χ2n) is 2.82. The van der Waals surface area contributed by atoms with E-state index < -0.39 is 0 Å². The van der Waals surface area contributed by atoms with Crippen LogP contribution in [0.25, 0.3) is 0 Å². The second kappa shape index (κ2) is 6.20. The maximum Gasteiger partial charge on any atom is 0.252 e. The Hall–Kier alpha value is -1.34. The molecular weight excluding hydrogens is 256 g/mol. The summed E-state index contributed by atoms with van der Waals surface area (Å²) in [7, 11) is 0. The van der Waals surface area contributed by atoms with E-state index in [-0.39, 0.29) is 5.91 Å². The van der Waals surface area contributed by atoms with E-state index in [1.54, 1.807) is 19.2 Å². The highest BCUT2D eigenvalue weighted by Crippen LogP contribution is 2.09. The summed E-state index contributed by atoms with van der Waals surface area (Å²) in [6.07, 6.45) is 3.84. The lowest BCUT2D eigenvalue weighted by Crippen LogP contribution is -2.24. The summed E-state index contributed by atoms with van der Waals surface area (Å²) in [6.45, 7) is 2.34. The van der Waals surface area contributed by atoms with Gasteiger partial charge in [-0.25, -0.2) is 0 Å². The smallest absolute Gasteiger partial charge is 0.252 e. The molecule has 0 saturated carbocycles. The van der Waals surface area contributed by atoms with Crippen LogP contribution in [0.1, 0.15) is 23.7 Å². The van der Waals surface area contributed by atoms with Gasteiger partial charge in [-0.1, -0.05) is 0 Å². The Morgan fingerprint density at radius 3 is 3.07 bits per heavy atom. The van der Waals surface area contributed by atoms with Crippen LogP contribution in [0, 0.1) is 11.8 Å². The van der Waals surface area contributed by atoms with Gasteiger partial charge in [0.2, 0.25) is 0 Å². The molecule has 1 amide bonds. The third-order valence-electron chi connectivity index (χ3n) is 1.68. The Morgan fingerprint density at radius 2 is 2.40 bits per heavy atom. The molecule has 1 N–H and O–H groups in total. The van der Waals surface area contributed by atoms with E-state index in [0.717, 1.165) is 4.47 Å². The molecule has 0 aliphatic heterocycles. The number of hydrogen-bond donors (Lipinski definition) is 1. The zero-order chi connectivity index (χ0) is 11.1. The van der Waals surface area contributed by atoms with Crippen molar-refractivity contribution in [1.29, 1.82) is 0 Å². The first kappa shape index (κ1) is 11.7. The number of nitrogens with zero attached hydrogens (tertiary/aromatic N) is 1. The van der Waals surface area contributed by atoms with Crippen molar-refractivity contribution in [2.75, 3.05) is 6.54 Å². The Morgan fingerprint density at radius 1 is 1.60 bits per heavy atom. The quantitative estimate of drug-likeness (QED) is 0.672. The Labute approximate surface area is 97.4 Å². The maximum absolute atomic E-state index is 11.5. The molecule has 0 spiro atoms. The fraction of sp³-hybridized carbons (Fsp3) is 0.273. The third kappa shape index (κ3) is 4.13. The van der Waals surface area contributed by atoms with Crippen molar-refractivity contribution < 1.29 is 4.79 Å². The second-order valence-corrected chi connectivity index (χ2v) is 3.74. The first-order valence-electron chi connectivity index (χ1n) is 4.52. The SMILES string of the molecule is CC#CCCNC(=O)c1cncc(Br)c1. The van der Waals surface area contributed by atoms with Gasteiger partial charge in [0.15, 0.2) is 0 Å². The Kier molecular flexibility index (Phi) is 4.85. The summed E-state index contributed by atoms with van der Waals surface area (Å²) >= 11 is 3.26. The van der Waals surface area contributed by atoms with Crippen LogP contribution in [0.3, 0.4) is 0 Å². The monoisotopic (exact) mass is 266 g/mol. The molecule has 0 aromatic carbocycles. The van der Waals surface area contributed by atoms with Crippen LogP contribution < -0.4 is 5.32 Å². The molecule has 0 aliphatic carbocycles. The van der Waals surface area contributed by atoms with Gasteiger partial charge in [0.05, 0.1) is 5.56 Å². The minimum Gasteiger partial charge on any atom is -0.351 e. The van der Waals surface area contributed by atoms with Gasteiger partial charge in [0.25, 0.3) is 5.91 Å². The highest BCUT2D eigenvalue weighted by atomic mass is 79.9. The van der Waals surface area contributed by atoms with E-state index in [1.165, 1.54) is 6.20 Å². The van der Waals surface area contributed by atoms with E-state index in [0.29, 0.717) is 18.5 Å². The van der Waals surface area contributed by atoms with Gasteiger partial charge in [-0.2, -0.15) is 0 Å². The van der Waals surface area contributed by atoms with E-state index in [2.05, 4.69) is 38.1 Å². The molecule has 1 aromatic rings. The summed E-state index contributed by atoms with van der Waals surface area (Å²) in [5.41, 5.74) is 0.550. The summed E-state index contributed by atoms with van der Waals surface area (Å²) in [6, 6.07) is 1.73. The number of halogens is 1. The normalized spacial score (nSPS) is 8.93. The molecule has 1 rings (SSSR count). The molecule has 0 bridgehead atoms. The van der Waals surface area contributed by atoms with E-state index in [9.17, 15) is 4.79 Å². The van der Waals surface area contributed by atoms with Gasteiger partial charge in [-0.3, -0.25) is 9.78 Å². The number of aromatic nitrogens is 1. The zero-order valence-electron chi connectivity index (χ0n) is 8.38. The van der Waals surface area contributed by atoms with Crippen molar-refractivity contribution in [2.45, 2.75) is 13.3 Å². The number of amides is 1. The van der Waals surface area contributed by atoms with Crippen molar-refractivity contribution in [3.05, 3.63) is 28.5 Å². The summed E-state index contributed by atoms with van der Waals surface area (Å²) in [5, 5.41) is 2.76. The van der Waals surface area contributed by atoms with Crippen LogP contribution >= 0.6 is 15.9 Å². The molecule has 0 atom stereocenters. The van der Waals surface area contributed by atoms with Crippen molar-refractivity contribution in [3.63, 3.8) is 0 Å². The fourth-order valence-corrected chi connectivity index (χ4v) is 1.37. The largest absolute Gasteiger partial charge is 0.351 e. The van der Waals surface area contributed by atoms with Crippen LogP contribution in [0.15, 0.2) is 22.9 Å². The molecule has 78 valence electrons. The minimum absolute atomic E-state index is 0.123. The van der Waals surface area contributed by atoms with Crippen LogP contribution in [-0.4, -0.2) is 17.4 Å². The lowest BCUT2D eigenvalue weighted by molar-refractivity contribution is 0.0954. The maximum atomic E-state index is 11.5. The molecule has 1 aromatic heterocycles. The number of nitrogens with one attached hydrogen (secondary N) is 1. The lowest BCUT2D eigenvalue weighted by atomic mass is 10.2. The van der Waals surface area contributed by atoms with Crippen LogP contribution in [0.2, 0.25) is 0 Å². The highest BCUT2D eigenvalue weighted by molar-refractivity contribution is 9.10. The van der Waals surface area contributed by atoms with Crippen molar-refractivity contribution in [1.82, 2.24) is 10.3 Å².